The van der Waals surface area contributed by atoms with Gasteiger partial charge in [-0.15, -0.1) is 0 Å². The number of carboxylic acids is 1. The highest BCUT2D eigenvalue weighted by Gasteiger charge is 2.43. The second-order valence-corrected chi connectivity index (χ2v) is 4.15. The van der Waals surface area contributed by atoms with E-state index in [1.807, 2.05) is 0 Å². The van der Waals surface area contributed by atoms with Crippen LogP contribution in [-0.4, -0.2) is 16.2 Å². The summed E-state index contributed by atoms with van der Waals surface area (Å²) >= 11 is 0. The van der Waals surface area contributed by atoms with Crippen molar-refractivity contribution in [2.45, 2.75) is 31.8 Å². The summed E-state index contributed by atoms with van der Waals surface area (Å²) in [4.78, 5) is 10.6. The molecule has 0 radical (unpaired) electrons. The van der Waals surface area contributed by atoms with E-state index in [1.54, 1.807) is 0 Å². The number of aliphatic hydroxyl groups excluding tert-OH is 1. The molecule has 0 aliphatic heterocycles. The van der Waals surface area contributed by atoms with Gasteiger partial charge >= 0.3 is 18.3 Å². The molecule has 1 aromatic carbocycles. The maximum absolute atomic E-state index is 13.0. The predicted molar refractivity (Wildman–Crippen MR) is 58.4 cm³/mol. The van der Waals surface area contributed by atoms with Crippen LogP contribution in [0.4, 0.5) is 26.3 Å². The largest absolute Gasteiger partial charge is 0.479 e. The van der Waals surface area contributed by atoms with Crippen molar-refractivity contribution < 1.29 is 41.4 Å². The summed E-state index contributed by atoms with van der Waals surface area (Å²) in [7, 11) is 0. The Kier molecular flexibility index (Phi) is 4.57. The molecule has 0 fully saturated rings. The van der Waals surface area contributed by atoms with Crippen molar-refractivity contribution in [2.24, 2.45) is 0 Å². The number of rotatable bonds is 3. The van der Waals surface area contributed by atoms with Crippen LogP contribution in [0, 0.1) is 0 Å². The van der Waals surface area contributed by atoms with Crippen molar-refractivity contribution in [3.8, 4) is 0 Å². The van der Waals surface area contributed by atoms with E-state index in [0.717, 1.165) is 6.92 Å². The molecule has 1 unspecified atom stereocenters. The zero-order chi connectivity index (χ0) is 16.6. The minimum Gasteiger partial charge on any atom is -0.479 e. The second-order valence-electron chi connectivity index (χ2n) is 4.15. The predicted octanol–water partition coefficient (Wildman–Crippen LogP) is 3.40. The van der Waals surface area contributed by atoms with Gasteiger partial charge in [0.1, 0.15) is 0 Å². The van der Waals surface area contributed by atoms with Crippen molar-refractivity contribution >= 4 is 5.97 Å². The number of hydrogen-bond donors (Lipinski definition) is 2. The number of benzene rings is 1. The third-order valence-corrected chi connectivity index (χ3v) is 2.82. The first-order chi connectivity index (χ1) is 9.41. The number of alkyl halides is 6. The Labute approximate surface area is 114 Å². The van der Waals surface area contributed by atoms with Crippen LogP contribution in [0.5, 0.6) is 0 Å². The molecule has 0 spiro atoms. The van der Waals surface area contributed by atoms with Gasteiger partial charge in [0.25, 0.3) is 0 Å². The number of carboxylic acid groups (broad SMARTS) is 1. The highest BCUT2D eigenvalue weighted by atomic mass is 19.4. The molecule has 118 valence electrons. The lowest BCUT2D eigenvalue weighted by atomic mass is 9.91. The summed E-state index contributed by atoms with van der Waals surface area (Å²) in [5.41, 5.74) is -5.46. The Morgan fingerprint density at radius 2 is 1.67 bits per heavy atom. The molecule has 0 heterocycles. The van der Waals surface area contributed by atoms with E-state index >= 15 is 0 Å². The topological polar surface area (TPSA) is 57.5 Å². The molecule has 0 bridgehead atoms. The van der Waals surface area contributed by atoms with Crippen molar-refractivity contribution in [1.82, 2.24) is 0 Å². The van der Waals surface area contributed by atoms with E-state index in [0.29, 0.717) is 12.1 Å². The average molecular weight is 316 g/mol. The van der Waals surface area contributed by atoms with Gasteiger partial charge in [-0.3, -0.25) is 0 Å². The summed E-state index contributed by atoms with van der Waals surface area (Å²) in [5, 5.41) is 17.9. The maximum atomic E-state index is 13.0. The fourth-order valence-electron chi connectivity index (χ4n) is 1.99. The zero-order valence-corrected chi connectivity index (χ0v) is 10.5. The van der Waals surface area contributed by atoms with E-state index < -0.39 is 53.1 Å². The molecule has 9 heteroatoms. The fourth-order valence-corrected chi connectivity index (χ4v) is 1.99. The third-order valence-electron chi connectivity index (χ3n) is 2.82. The van der Waals surface area contributed by atoms with Crippen LogP contribution in [-0.2, 0) is 23.6 Å². The van der Waals surface area contributed by atoms with Crippen LogP contribution in [0.3, 0.4) is 0 Å². The van der Waals surface area contributed by atoms with Crippen LogP contribution in [0.15, 0.2) is 12.1 Å². The van der Waals surface area contributed by atoms with Gasteiger partial charge in [0.15, 0.2) is 6.10 Å². The van der Waals surface area contributed by atoms with Gasteiger partial charge in [-0.25, -0.2) is 4.79 Å². The molecule has 3 nitrogen and oxygen atoms in total. The smallest absolute Gasteiger partial charge is 0.417 e. The normalized spacial score (nSPS) is 14.1. The van der Waals surface area contributed by atoms with Gasteiger partial charge in [0.2, 0.25) is 0 Å². The first-order valence-electron chi connectivity index (χ1n) is 5.62. The monoisotopic (exact) mass is 316 g/mol. The summed E-state index contributed by atoms with van der Waals surface area (Å²) in [6.07, 6.45) is -13.4. The van der Waals surface area contributed by atoms with Crippen molar-refractivity contribution in [1.29, 1.82) is 0 Å². The fraction of sp³-hybridized carbons (Fsp3) is 0.417. The van der Waals surface area contributed by atoms with Crippen LogP contribution < -0.4 is 0 Å². The van der Waals surface area contributed by atoms with E-state index in [9.17, 15) is 36.2 Å². The first kappa shape index (κ1) is 17.3. The SMILES string of the molecule is CCc1c(C(F)(F)F)ccc(C(O)C(=O)O)c1C(F)(F)F. The average Bonchev–Trinajstić information content (AvgIpc) is 2.33. The standard InChI is InChI=1S/C12H10F6O3/c1-2-5-7(11(13,14)15)4-3-6(9(19)10(20)21)8(5)12(16,17)18/h3-4,9,19H,2H2,1H3,(H,20,21). The molecule has 0 amide bonds. The van der Waals surface area contributed by atoms with Gasteiger partial charge in [0, 0.05) is 5.56 Å². The van der Waals surface area contributed by atoms with Crippen LogP contribution >= 0.6 is 0 Å². The molecule has 0 aromatic heterocycles. The van der Waals surface area contributed by atoms with E-state index in [-0.39, 0.29) is 0 Å². The van der Waals surface area contributed by atoms with E-state index in [1.165, 1.54) is 0 Å². The molecular formula is C12H10F6O3. The number of hydrogen-bond acceptors (Lipinski definition) is 2. The Morgan fingerprint density at radius 1 is 1.14 bits per heavy atom. The second kappa shape index (κ2) is 5.55. The zero-order valence-electron chi connectivity index (χ0n) is 10.5. The highest BCUT2D eigenvalue weighted by Crippen LogP contribution is 2.43. The molecule has 1 atom stereocenters. The molecule has 0 aliphatic rings. The van der Waals surface area contributed by atoms with Gasteiger partial charge in [-0.1, -0.05) is 13.0 Å². The quantitative estimate of drug-likeness (QED) is 0.840. The number of aliphatic carboxylic acids is 1. The Morgan fingerprint density at radius 3 is 2.00 bits per heavy atom. The minimum atomic E-state index is -5.22. The molecule has 21 heavy (non-hydrogen) atoms. The van der Waals surface area contributed by atoms with Crippen LogP contribution in [0.1, 0.15) is 35.3 Å². The van der Waals surface area contributed by atoms with Crippen LogP contribution in [0.2, 0.25) is 0 Å². The van der Waals surface area contributed by atoms with Gasteiger partial charge < -0.3 is 10.2 Å². The molecule has 1 rings (SSSR count). The molecule has 0 saturated carbocycles. The summed E-state index contributed by atoms with van der Waals surface area (Å²) in [6.45, 7) is 1.08. The lowest BCUT2D eigenvalue weighted by Gasteiger charge is -2.22. The van der Waals surface area contributed by atoms with Gasteiger partial charge in [-0.05, 0) is 18.1 Å². The van der Waals surface area contributed by atoms with Gasteiger partial charge in [-0.2, -0.15) is 26.3 Å². The van der Waals surface area contributed by atoms with E-state index in [2.05, 4.69) is 0 Å². The third kappa shape index (κ3) is 3.46. The summed E-state index contributed by atoms with van der Waals surface area (Å²) in [6, 6.07) is 0.680. The van der Waals surface area contributed by atoms with Crippen LogP contribution in [0.25, 0.3) is 0 Å². The maximum Gasteiger partial charge on any atom is 0.417 e. The Balaban J connectivity index is 3.75. The minimum absolute atomic E-state index is 0.337. The number of aliphatic hydroxyl groups is 1. The Hall–Kier alpha value is -1.77. The highest BCUT2D eigenvalue weighted by molar-refractivity contribution is 5.75. The van der Waals surface area contributed by atoms with Gasteiger partial charge in [0.05, 0.1) is 11.1 Å². The first-order valence-corrected chi connectivity index (χ1v) is 5.62. The molecule has 2 N–H and O–H groups in total. The lowest BCUT2D eigenvalue weighted by molar-refractivity contribution is -0.150. The number of halogens is 6. The molecule has 0 aliphatic carbocycles. The summed E-state index contributed by atoms with van der Waals surface area (Å²) < 4.78 is 77.3. The van der Waals surface area contributed by atoms with Crippen molar-refractivity contribution in [3.05, 3.63) is 34.4 Å². The summed E-state index contributed by atoms with van der Waals surface area (Å²) in [5.74, 6) is -1.98. The molecule has 0 saturated heterocycles. The lowest BCUT2D eigenvalue weighted by Crippen LogP contribution is -2.22. The molecule has 1 aromatic rings. The molecular weight excluding hydrogens is 306 g/mol. The number of carbonyl (C=O) groups is 1. The van der Waals surface area contributed by atoms with Crippen molar-refractivity contribution in [3.63, 3.8) is 0 Å². The van der Waals surface area contributed by atoms with Crippen molar-refractivity contribution in [2.75, 3.05) is 0 Å². The Bertz CT molecular complexity index is 547. The van der Waals surface area contributed by atoms with E-state index in [4.69, 9.17) is 5.11 Å².